The summed E-state index contributed by atoms with van der Waals surface area (Å²) in [6.45, 7) is 6.34. The van der Waals surface area contributed by atoms with Crippen LogP contribution < -0.4 is 19.9 Å². The largest absolute Gasteiger partial charge is 0.492 e. The van der Waals surface area contributed by atoms with Gasteiger partial charge in [0.15, 0.2) is 16.6 Å². The number of alkyl halides is 5. The van der Waals surface area contributed by atoms with Crippen molar-refractivity contribution in [3.05, 3.63) is 82.4 Å². The highest BCUT2D eigenvalue weighted by Crippen LogP contribution is 2.43. The standard InChI is InChI=1S/C41H41F6N7O5S/c1-39(2)37(58)53(29-20-31(41(45,46)47)33(21-48)49-22-29)38(60)54(39)28-5-6-34(32(19-28)40(3,43)44)59-13-12-51-8-10-52(11-9-51)23-30(55)18-25-14-24(16-27(42)17-25)15-26-4-7-35(56)50-36(26)57/h5-6,14,16-17,19-20,22,26H,4,7-13,15,18,23H2,1-3H3,(H,50,56,57). The van der Waals surface area contributed by atoms with Crippen LogP contribution in [0.5, 0.6) is 5.75 Å². The number of ether oxygens (including phenoxy) is 1. The van der Waals surface area contributed by atoms with Crippen LogP contribution in [0.25, 0.3) is 0 Å². The Hall–Kier alpha value is -5.45. The van der Waals surface area contributed by atoms with Gasteiger partial charge in [0, 0.05) is 64.1 Å². The van der Waals surface area contributed by atoms with Crippen molar-refractivity contribution >= 4 is 52.2 Å². The summed E-state index contributed by atoms with van der Waals surface area (Å²) in [5, 5.41) is 11.2. The Morgan fingerprint density at radius 2 is 1.65 bits per heavy atom. The fourth-order valence-corrected chi connectivity index (χ4v) is 8.13. The molecule has 3 amide bonds. The van der Waals surface area contributed by atoms with Gasteiger partial charge >= 0.3 is 6.18 Å². The first kappa shape index (κ1) is 44.1. The SMILES string of the molecule is CC(F)(F)c1cc(N2C(=S)N(c3cnc(C#N)c(C(F)(F)F)c3)C(=O)C2(C)C)ccc1OCCN1CCN(CC(=O)Cc2cc(F)cc(CC3CCC(=O)NC3=O)c2)CC1. The summed E-state index contributed by atoms with van der Waals surface area (Å²) < 4.78 is 91.7. The summed E-state index contributed by atoms with van der Waals surface area (Å²) >= 11 is 5.54. The molecule has 0 radical (unpaired) electrons. The number of amides is 3. The zero-order valence-electron chi connectivity index (χ0n) is 32.9. The molecular formula is C41H41F6N7O5S. The molecule has 0 spiro atoms. The number of hydrogen-bond donors (Lipinski definition) is 1. The Bertz CT molecular complexity index is 2250. The molecule has 19 heteroatoms. The second-order valence-corrected chi connectivity index (χ2v) is 16.0. The number of pyridine rings is 1. The summed E-state index contributed by atoms with van der Waals surface area (Å²) in [6.07, 6.45) is -3.19. The number of benzene rings is 2. The number of nitriles is 1. The first-order chi connectivity index (χ1) is 28.1. The van der Waals surface area contributed by atoms with Crippen molar-refractivity contribution in [2.75, 3.05) is 55.7 Å². The molecule has 3 fully saturated rings. The van der Waals surface area contributed by atoms with E-state index < -0.39 is 52.1 Å². The molecule has 60 heavy (non-hydrogen) atoms. The molecule has 3 aromatic rings. The summed E-state index contributed by atoms with van der Waals surface area (Å²) in [6, 6.07) is 10.2. The van der Waals surface area contributed by atoms with Gasteiger partial charge in [0.1, 0.15) is 29.8 Å². The van der Waals surface area contributed by atoms with Crippen LogP contribution in [0.2, 0.25) is 0 Å². The van der Waals surface area contributed by atoms with Crippen LogP contribution in [0.3, 0.4) is 0 Å². The lowest BCUT2D eigenvalue weighted by Crippen LogP contribution is -2.49. The van der Waals surface area contributed by atoms with Gasteiger partial charge in [-0.2, -0.15) is 18.4 Å². The monoisotopic (exact) mass is 857 g/mol. The van der Waals surface area contributed by atoms with E-state index in [1.165, 1.54) is 49.1 Å². The minimum absolute atomic E-state index is 0.00433. The molecule has 0 saturated carbocycles. The highest BCUT2D eigenvalue weighted by atomic mass is 32.1. The molecule has 3 aliphatic rings. The number of hydrogen-bond acceptors (Lipinski definition) is 10. The highest BCUT2D eigenvalue weighted by Gasteiger charge is 2.51. The van der Waals surface area contributed by atoms with E-state index in [0.717, 1.165) is 17.2 Å². The van der Waals surface area contributed by atoms with E-state index in [0.29, 0.717) is 63.3 Å². The van der Waals surface area contributed by atoms with Crippen LogP contribution in [-0.2, 0) is 44.1 Å². The number of piperazine rings is 1. The molecule has 1 unspecified atom stereocenters. The van der Waals surface area contributed by atoms with E-state index in [9.17, 15) is 36.7 Å². The predicted octanol–water partition coefficient (Wildman–Crippen LogP) is 5.54. The molecule has 0 bridgehead atoms. The summed E-state index contributed by atoms with van der Waals surface area (Å²) in [5.41, 5.74) is -3.49. The molecule has 1 aromatic heterocycles. The number of thiocarbonyl (C=S) groups is 1. The molecule has 12 nitrogen and oxygen atoms in total. The number of imide groups is 1. The summed E-state index contributed by atoms with van der Waals surface area (Å²) in [5.74, 6) is -6.09. The molecule has 0 aliphatic carbocycles. The summed E-state index contributed by atoms with van der Waals surface area (Å²) in [4.78, 5) is 60.0. The minimum atomic E-state index is -4.96. The maximum absolute atomic E-state index is 15.1. The van der Waals surface area contributed by atoms with E-state index >= 15 is 8.78 Å². The molecular weight excluding hydrogens is 817 g/mol. The number of piperidine rings is 1. The van der Waals surface area contributed by atoms with Crippen molar-refractivity contribution in [3.63, 3.8) is 0 Å². The predicted molar refractivity (Wildman–Crippen MR) is 210 cm³/mol. The Morgan fingerprint density at radius 3 is 2.30 bits per heavy atom. The Labute approximate surface area is 347 Å². The Kier molecular flexibility index (Phi) is 12.7. The smallest absolute Gasteiger partial charge is 0.419 e. The quantitative estimate of drug-likeness (QED) is 0.132. The molecule has 1 atom stereocenters. The second-order valence-electron chi connectivity index (χ2n) is 15.6. The van der Waals surface area contributed by atoms with Gasteiger partial charge in [0.05, 0.1) is 29.6 Å². The second kappa shape index (κ2) is 17.3. The number of carbonyl (C=O) groups is 4. The van der Waals surface area contributed by atoms with Crippen molar-refractivity contribution in [2.45, 2.75) is 64.1 Å². The van der Waals surface area contributed by atoms with Crippen LogP contribution in [0.1, 0.15) is 61.6 Å². The van der Waals surface area contributed by atoms with Gasteiger partial charge in [-0.25, -0.2) is 18.2 Å². The van der Waals surface area contributed by atoms with Gasteiger partial charge in [0.2, 0.25) is 11.8 Å². The average molecular weight is 858 g/mol. The zero-order chi connectivity index (χ0) is 43.7. The van der Waals surface area contributed by atoms with Crippen molar-refractivity contribution in [1.29, 1.82) is 5.26 Å². The van der Waals surface area contributed by atoms with E-state index in [1.807, 2.05) is 4.90 Å². The van der Waals surface area contributed by atoms with Crippen LogP contribution >= 0.6 is 12.2 Å². The zero-order valence-corrected chi connectivity index (χ0v) is 33.7. The first-order valence-electron chi connectivity index (χ1n) is 19.1. The van der Waals surface area contributed by atoms with Crippen LogP contribution in [-0.4, -0.2) is 94.8 Å². The van der Waals surface area contributed by atoms with Gasteiger partial charge < -0.3 is 9.64 Å². The van der Waals surface area contributed by atoms with Gasteiger partial charge in [0.25, 0.3) is 11.8 Å². The van der Waals surface area contributed by atoms with Gasteiger partial charge in [-0.05, 0) is 86.4 Å². The lowest BCUT2D eigenvalue weighted by atomic mass is 9.90. The number of nitrogens with one attached hydrogen (secondary N) is 1. The maximum Gasteiger partial charge on any atom is 0.419 e. The fourth-order valence-electron chi connectivity index (χ4n) is 7.61. The van der Waals surface area contributed by atoms with Gasteiger partial charge in [-0.15, -0.1) is 0 Å². The van der Waals surface area contributed by atoms with Crippen LogP contribution in [0.4, 0.5) is 37.7 Å². The maximum atomic E-state index is 15.1. The third kappa shape index (κ3) is 9.77. The molecule has 4 heterocycles. The third-order valence-electron chi connectivity index (χ3n) is 10.7. The summed E-state index contributed by atoms with van der Waals surface area (Å²) in [7, 11) is 0. The molecule has 2 aromatic carbocycles. The molecule has 3 aliphatic heterocycles. The minimum Gasteiger partial charge on any atom is -0.492 e. The number of nitrogens with zero attached hydrogens (tertiary/aromatic N) is 6. The Morgan fingerprint density at radius 1 is 0.983 bits per heavy atom. The number of aromatic nitrogens is 1. The number of ketones is 1. The van der Waals surface area contributed by atoms with Crippen molar-refractivity contribution < 1.29 is 50.3 Å². The Balaban J connectivity index is 1.04. The topological polar surface area (TPSA) is 139 Å². The first-order valence-corrected chi connectivity index (χ1v) is 19.5. The molecule has 3 saturated heterocycles. The fraction of sp³-hybridized carbons (Fsp3) is 0.439. The van der Waals surface area contributed by atoms with E-state index in [2.05, 4.69) is 15.2 Å². The number of Topliss-reactive ketones (excluding diaryl/α,β-unsaturated/α-hetero) is 1. The van der Waals surface area contributed by atoms with Gasteiger partial charge in [-0.1, -0.05) is 6.07 Å². The van der Waals surface area contributed by atoms with Gasteiger partial charge in [-0.3, -0.25) is 39.2 Å². The van der Waals surface area contributed by atoms with Crippen molar-refractivity contribution in [1.82, 2.24) is 20.1 Å². The average Bonchev–Trinajstić information content (AvgIpc) is 3.34. The highest BCUT2D eigenvalue weighted by molar-refractivity contribution is 7.81. The van der Waals surface area contributed by atoms with E-state index in [4.69, 9.17) is 22.2 Å². The number of anilines is 2. The van der Waals surface area contributed by atoms with E-state index in [1.54, 1.807) is 6.07 Å². The lowest BCUT2D eigenvalue weighted by molar-refractivity contribution is -0.138. The number of rotatable bonds is 13. The van der Waals surface area contributed by atoms with Crippen LogP contribution in [0.15, 0.2) is 48.7 Å². The van der Waals surface area contributed by atoms with Crippen molar-refractivity contribution in [2.24, 2.45) is 5.92 Å². The third-order valence-corrected chi connectivity index (χ3v) is 11.1. The molecule has 318 valence electrons. The van der Waals surface area contributed by atoms with Crippen molar-refractivity contribution in [3.8, 4) is 11.8 Å². The lowest BCUT2D eigenvalue weighted by Gasteiger charge is -2.34. The number of carbonyl (C=O) groups excluding carboxylic acids is 4. The molecule has 6 rings (SSSR count). The normalized spacial score (nSPS) is 19.1. The van der Waals surface area contributed by atoms with Crippen LogP contribution in [0, 0.1) is 23.1 Å². The van der Waals surface area contributed by atoms with E-state index in [-0.39, 0.29) is 72.2 Å². The number of halogens is 6. The molecule has 1 N–H and O–H groups in total.